The number of amides is 1. The van der Waals surface area contributed by atoms with Gasteiger partial charge >= 0.3 is 0 Å². The summed E-state index contributed by atoms with van der Waals surface area (Å²) in [6.07, 6.45) is 0.474. The molecule has 0 aliphatic carbocycles. The molecule has 3 aromatic rings. The highest BCUT2D eigenvalue weighted by molar-refractivity contribution is 6.33. The maximum atomic E-state index is 13.3. The van der Waals surface area contributed by atoms with Crippen LogP contribution in [0.25, 0.3) is 0 Å². The third-order valence-corrected chi connectivity index (χ3v) is 5.23. The molecule has 1 aliphatic heterocycles. The Labute approximate surface area is 173 Å². The average molecular weight is 409 g/mol. The monoisotopic (exact) mass is 408 g/mol. The Kier molecular flexibility index (Phi) is 5.32. The van der Waals surface area contributed by atoms with E-state index in [2.05, 4.69) is 5.10 Å². The fourth-order valence-electron chi connectivity index (χ4n) is 3.46. The number of carbonyl (C=O) groups is 1. The SMILES string of the molecule is COc1ccccc1C1CC(c2ccc(F)cc2)=NN1C(=O)c1ccccc1Cl. The van der Waals surface area contributed by atoms with Crippen molar-refractivity contribution in [2.24, 2.45) is 5.10 Å². The summed E-state index contributed by atoms with van der Waals surface area (Å²) in [5, 5.41) is 6.41. The van der Waals surface area contributed by atoms with Crippen molar-refractivity contribution >= 4 is 23.2 Å². The van der Waals surface area contributed by atoms with Crippen LogP contribution in [0.1, 0.15) is 33.9 Å². The molecule has 4 nitrogen and oxygen atoms in total. The standard InChI is InChI=1S/C23H18ClFN2O2/c1-29-22-9-5-3-7-18(22)21-14-20(15-10-12-16(25)13-11-15)26-27(21)23(28)17-6-2-4-8-19(17)24/h2-13,21H,14H2,1H3. The number of ether oxygens (including phenoxy) is 1. The van der Waals surface area contributed by atoms with Gasteiger partial charge in [0.25, 0.3) is 5.91 Å². The zero-order chi connectivity index (χ0) is 20.4. The van der Waals surface area contributed by atoms with Crippen molar-refractivity contribution in [2.45, 2.75) is 12.5 Å². The molecule has 1 amide bonds. The highest BCUT2D eigenvalue weighted by atomic mass is 35.5. The van der Waals surface area contributed by atoms with Crippen LogP contribution in [0.3, 0.4) is 0 Å². The van der Waals surface area contributed by atoms with Crippen LogP contribution in [0.4, 0.5) is 4.39 Å². The van der Waals surface area contributed by atoms with E-state index in [9.17, 15) is 9.18 Å². The van der Waals surface area contributed by atoms with Gasteiger partial charge in [0, 0.05) is 12.0 Å². The molecular weight excluding hydrogens is 391 g/mol. The summed E-state index contributed by atoms with van der Waals surface area (Å²) < 4.78 is 18.9. The van der Waals surface area contributed by atoms with E-state index in [1.807, 2.05) is 24.3 Å². The number of hydrogen-bond donors (Lipinski definition) is 0. The Morgan fingerprint density at radius 1 is 1.07 bits per heavy atom. The number of halogens is 2. The number of hydrogen-bond acceptors (Lipinski definition) is 3. The van der Waals surface area contributed by atoms with E-state index < -0.39 is 0 Å². The highest BCUT2D eigenvalue weighted by Crippen LogP contribution is 2.38. The summed E-state index contributed by atoms with van der Waals surface area (Å²) in [6, 6.07) is 20.1. The number of benzene rings is 3. The second kappa shape index (κ2) is 8.05. The topological polar surface area (TPSA) is 41.9 Å². The lowest BCUT2D eigenvalue weighted by Crippen LogP contribution is -2.27. The lowest BCUT2D eigenvalue weighted by molar-refractivity contribution is 0.0709. The summed E-state index contributed by atoms with van der Waals surface area (Å²) in [5.74, 6) is 0.0475. The normalized spacial score (nSPS) is 15.9. The number of methoxy groups -OCH3 is 1. The third-order valence-electron chi connectivity index (χ3n) is 4.90. The lowest BCUT2D eigenvalue weighted by Gasteiger charge is -2.24. The molecule has 0 saturated carbocycles. The Hall–Kier alpha value is -3.18. The van der Waals surface area contributed by atoms with Gasteiger partial charge in [-0.2, -0.15) is 5.10 Å². The average Bonchev–Trinajstić information content (AvgIpc) is 3.19. The number of rotatable bonds is 4. The molecule has 1 heterocycles. The van der Waals surface area contributed by atoms with Gasteiger partial charge in [-0.3, -0.25) is 4.79 Å². The molecule has 1 aliphatic rings. The molecule has 6 heteroatoms. The van der Waals surface area contributed by atoms with E-state index in [0.717, 1.165) is 11.1 Å². The van der Waals surface area contributed by atoms with Crippen LogP contribution in [0.2, 0.25) is 5.02 Å². The Balaban J connectivity index is 1.78. The minimum atomic E-state index is -0.366. The van der Waals surface area contributed by atoms with Crippen molar-refractivity contribution in [1.82, 2.24) is 5.01 Å². The highest BCUT2D eigenvalue weighted by Gasteiger charge is 2.35. The van der Waals surface area contributed by atoms with Crippen LogP contribution < -0.4 is 4.74 Å². The number of nitrogens with zero attached hydrogens (tertiary/aromatic N) is 2. The molecule has 29 heavy (non-hydrogen) atoms. The molecule has 0 spiro atoms. The van der Waals surface area contributed by atoms with Gasteiger partial charge in [0.05, 0.1) is 29.4 Å². The van der Waals surface area contributed by atoms with Crippen LogP contribution in [0.5, 0.6) is 5.75 Å². The van der Waals surface area contributed by atoms with Gasteiger partial charge < -0.3 is 4.74 Å². The molecule has 0 bridgehead atoms. The summed E-state index contributed by atoms with van der Waals surface area (Å²) >= 11 is 6.26. The van der Waals surface area contributed by atoms with Crippen LogP contribution in [0.15, 0.2) is 77.9 Å². The maximum Gasteiger partial charge on any atom is 0.276 e. The first-order valence-electron chi connectivity index (χ1n) is 9.13. The fraction of sp³-hybridized carbons (Fsp3) is 0.130. The first-order valence-corrected chi connectivity index (χ1v) is 9.50. The van der Waals surface area contributed by atoms with E-state index in [4.69, 9.17) is 16.3 Å². The van der Waals surface area contributed by atoms with Crippen molar-refractivity contribution in [3.8, 4) is 5.75 Å². The van der Waals surface area contributed by atoms with E-state index >= 15 is 0 Å². The second-order valence-electron chi connectivity index (χ2n) is 6.65. The number of hydrazone groups is 1. The van der Waals surface area contributed by atoms with Gasteiger partial charge in [-0.1, -0.05) is 54.1 Å². The van der Waals surface area contributed by atoms with Crippen molar-refractivity contribution in [2.75, 3.05) is 7.11 Å². The summed E-state index contributed by atoms with van der Waals surface area (Å²) in [7, 11) is 1.59. The van der Waals surface area contributed by atoms with E-state index in [1.165, 1.54) is 17.1 Å². The van der Waals surface area contributed by atoms with Crippen LogP contribution in [-0.2, 0) is 0 Å². The predicted octanol–water partition coefficient (Wildman–Crippen LogP) is 5.48. The molecular formula is C23H18ClFN2O2. The first kappa shape index (κ1) is 19.2. The molecule has 0 N–H and O–H groups in total. The Morgan fingerprint density at radius 3 is 2.48 bits per heavy atom. The minimum absolute atomic E-state index is 0.302. The molecule has 1 unspecified atom stereocenters. The van der Waals surface area contributed by atoms with Crippen LogP contribution >= 0.6 is 11.6 Å². The van der Waals surface area contributed by atoms with Gasteiger partial charge in [-0.15, -0.1) is 0 Å². The number of para-hydroxylation sites is 1. The van der Waals surface area contributed by atoms with E-state index in [0.29, 0.717) is 28.5 Å². The predicted molar refractivity (Wildman–Crippen MR) is 111 cm³/mol. The number of carbonyl (C=O) groups excluding carboxylic acids is 1. The maximum absolute atomic E-state index is 13.3. The van der Waals surface area contributed by atoms with E-state index in [1.54, 1.807) is 43.5 Å². The van der Waals surface area contributed by atoms with Crippen molar-refractivity contribution in [3.05, 3.63) is 100 Å². The van der Waals surface area contributed by atoms with Crippen LogP contribution in [0, 0.1) is 5.82 Å². The smallest absolute Gasteiger partial charge is 0.276 e. The fourth-order valence-corrected chi connectivity index (χ4v) is 3.67. The molecule has 146 valence electrons. The second-order valence-corrected chi connectivity index (χ2v) is 7.05. The largest absolute Gasteiger partial charge is 0.496 e. The van der Waals surface area contributed by atoms with Crippen molar-refractivity contribution < 1.29 is 13.9 Å². The van der Waals surface area contributed by atoms with Gasteiger partial charge in [-0.05, 0) is 35.9 Å². The van der Waals surface area contributed by atoms with Crippen LogP contribution in [-0.4, -0.2) is 23.7 Å². The summed E-state index contributed by atoms with van der Waals surface area (Å²) in [5.41, 5.74) is 2.68. The van der Waals surface area contributed by atoms with E-state index in [-0.39, 0.29) is 17.8 Å². The van der Waals surface area contributed by atoms with Crippen molar-refractivity contribution in [1.29, 1.82) is 0 Å². The van der Waals surface area contributed by atoms with Gasteiger partial charge in [0.2, 0.25) is 0 Å². The van der Waals surface area contributed by atoms with Gasteiger partial charge in [-0.25, -0.2) is 9.40 Å². The molecule has 3 aromatic carbocycles. The molecule has 0 aromatic heterocycles. The quantitative estimate of drug-likeness (QED) is 0.573. The van der Waals surface area contributed by atoms with Gasteiger partial charge in [0.1, 0.15) is 11.6 Å². The first-order chi connectivity index (χ1) is 14.1. The minimum Gasteiger partial charge on any atom is -0.496 e. The summed E-state index contributed by atoms with van der Waals surface area (Å²) in [4.78, 5) is 13.3. The molecule has 0 saturated heterocycles. The Morgan fingerprint density at radius 2 is 1.76 bits per heavy atom. The summed E-state index contributed by atoms with van der Waals surface area (Å²) in [6.45, 7) is 0. The zero-order valence-corrected chi connectivity index (χ0v) is 16.4. The molecule has 0 radical (unpaired) electrons. The lowest BCUT2D eigenvalue weighted by atomic mass is 9.97. The van der Waals surface area contributed by atoms with Gasteiger partial charge in [0.15, 0.2) is 0 Å². The molecule has 1 atom stereocenters. The third kappa shape index (κ3) is 3.74. The molecule has 4 rings (SSSR count). The van der Waals surface area contributed by atoms with Crippen molar-refractivity contribution in [3.63, 3.8) is 0 Å². The molecule has 0 fully saturated rings. The Bertz CT molecular complexity index is 1080. The zero-order valence-electron chi connectivity index (χ0n) is 15.7.